The van der Waals surface area contributed by atoms with Crippen molar-refractivity contribution in [3.05, 3.63) is 16.9 Å². The molecule has 2 atom stereocenters. The topological polar surface area (TPSA) is 29.9 Å². The molecule has 4 heteroatoms. The number of rotatable bonds is 6. The van der Waals surface area contributed by atoms with E-state index >= 15 is 0 Å². The van der Waals surface area contributed by atoms with Gasteiger partial charge in [-0.2, -0.15) is 5.10 Å². The first-order chi connectivity index (χ1) is 9.79. The van der Waals surface area contributed by atoms with Crippen molar-refractivity contribution in [3.63, 3.8) is 0 Å². The zero-order chi connectivity index (χ0) is 13.9. The third kappa shape index (κ3) is 3.20. The highest BCUT2D eigenvalue weighted by atomic mass is 35.5. The van der Waals surface area contributed by atoms with Crippen LogP contribution in [-0.2, 0) is 6.54 Å². The lowest BCUT2D eigenvalue weighted by atomic mass is 9.77. The summed E-state index contributed by atoms with van der Waals surface area (Å²) in [6.45, 7) is 4.34. The van der Waals surface area contributed by atoms with Crippen LogP contribution in [0.4, 0.5) is 0 Å². The van der Waals surface area contributed by atoms with E-state index in [1.807, 2.05) is 6.20 Å². The van der Waals surface area contributed by atoms with Gasteiger partial charge >= 0.3 is 0 Å². The zero-order valence-corrected chi connectivity index (χ0v) is 13.2. The molecule has 0 bridgehead atoms. The van der Waals surface area contributed by atoms with Crippen LogP contribution < -0.4 is 5.32 Å². The number of hydrogen-bond acceptors (Lipinski definition) is 2. The number of aryl methyl sites for hydroxylation is 1. The Bertz CT molecular complexity index is 439. The first kappa shape index (κ1) is 14.4. The fourth-order valence-electron chi connectivity index (χ4n) is 3.55. The average molecular weight is 296 g/mol. The second-order valence-corrected chi connectivity index (χ2v) is 6.84. The van der Waals surface area contributed by atoms with Crippen molar-refractivity contribution in [1.29, 1.82) is 0 Å². The van der Waals surface area contributed by atoms with E-state index in [1.165, 1.54) is 44.2 Å². The molecule has 2 unspecified atom stereocenters. The van der Waals surface area contributed by atoms with Gasteiger partial charge in [0.05, 0.1) is 16.9 Å². The SMILES string of the molecule is CCCn1ncc(Cl)c1C1CCCCC1CNC1CC1. The number of nitrogens with one attached hydrogen (secondary N) is 1. The van der Waals surface area contributed by atoms with Crippen LogP contribution in [0.5, 0.6) is 0 Å². The van der Waals surface area contributed by atoms with Crippen LogP contribution in [-0.4, -0.2) is 22.4 Å². The normalized spacial score (nSPS) is 26.9. The third-order valence-electron chi connectivity index (χ3n) is 4.78. The maximum atomic E-state index is 6.45. The van der Waals surface area contributed by atoms with Crippen molar-refractivity contribution in [2.45, 2.75) is 70.4 Å². The van der Waals surface area contributed by atoms with Crippen LogP contribution >= 0.6 is 11.6 Å². The molecule has 3 nitrogen and oxygen atoms in total. The quantitative estimate of drug-likeness (QED) is 0.860. The smallest absolute Gasteiger partial charge is 0.0820 e. The van der Waals surface area contributed by atoms with E-state index in [0.717, 1.165) is 36.5 Å². The molecule has 1 aromatic heterocycles. The highest BCUT2D eigenvalue weighted by Crippen LogP contribution is 2.40. The monoisotopic (exact) mass is 295 g/mol. The number of nitrogens with zero attached hydrogens (tertiary/aromatic N) is 2. The fraction of sp³-hybridized carbons (Fsp3) is 0.812. The minimum atomic E-state index is 0.594. The molecule has 0 saturated heterocycles. The second kappa shape index (κ2) is 6.48. The van der Waals surface area contributed by atoms with Crippen LogP contribution in [0.2, 0.25) is 5.02 Å². The van der Waals surface area contributed by atoms with Gasteiger partial charge in [0.25, 0.3) is 0 Å². The first-order valence-electron chi connectivity index (χ1n) is 8.24. The summed E-state index contributed by atoms with van der Waals surface area (Å²) in [5.41, 5.74) is 1.30. The molecular weight excluding hydrogens is 270 g/mol. The highest BCUT2D eigenvalue weighted by molar-refractivity contribution is 6.31. The maximum absolute atomic E-state index is 6.45. The van der Waals surface area contributed by atoms with E-state index < -0.39 is 0 Å². The molecule has 0 aromatic carbocycles. The van der Waals surface area contributed by atoms with Gasteiger partial charge in [-0.05, 0) is 44.6 Å². The molecule has 112 valence electrons. The van der Waals surface area contributed by atoms with Crippen molar-refractivity contribution >= 4 is 11.6 Å². The van der Waals surface area contributed by atoms with Crippen molar-refractivity contribution in [3.8, 4) is 0 Å². The predicted octanol–water partition coefficient (Wildman–Crippen LogP) is 3.97. The van der Waals surface area contributed by atoms with Crippen LogP contribution in [0.3, 0.4) is 0 Å². The molecule has 0 radical (unpaired) electrons. The van der Waals surface area contributed by atoms with Gasteiger partial charge < -0.3 is 5.32 Å². The van der Waals surface area contributed by atoms with E-state index in [2.05, 4.69) is 22.0 Å². The average Bonchev–Trinajstić information content (AvgIpc) is 3.22. The maximum Gasteiger partial charge on any atom is 0.0820 e. The summed E-state index contributed by atoms with van der Waals surface area (Å²) >= 11 is 6.45. The van der Waals surface area contributed by atoms with Gasteiger partial charge in [-0.1, -0.05) is 31.4 Å². The predicted molar refractivity (Wildman–Crippen MR) is 83.3 cm³/mol. The lowest BCUT2D eigenvalue weighted by Crippen LogP contribution is -2.32. The molecule has 1 heterocycles. The fourth-order valence-corrected chi connectivity index (χ4v) is 3.83. The molecule has 1 N–H and O–H groups in total. The Morgan fingerprint density at radius 3 is 2.85 bits per heavy atom. The Hall–Kier alpha value is -0.540. The van der Waals surface area contributed by atoms with Crippen molar-refractivity contribution in [2.24, 2.45) is 5.92 Å². The van der Waals surface area contributed by atoms with Gasteiger partial charge in [0.2, 0.25) is 0 Å². The molecule has 2 aliphatic rings. The standard InChI is InChI=1S/C16H26ClN3/c1-2-9-20-16(15(17)11-19-20)14-6-4-3-5-12(14)10-18-13-7-8-13/h11-14,18H,2-10H2,1H3. The minimum absolute atomic E-state index is 0.594. The summed E-state index contributed by atoms with van der Waals surface area (Å²) in [6, 6.07) is 0.800. The Labute approximate surface area is 127 Å². The Kier molecular flexibility index (Phi) is 4.67. The lowest BCUT2D eigenvalue weighted by Gasteiger charge is -2.32. The van der Waals surface area contributed by atoms with Crippen LogP contribution in [0.1, 0.15) is 63.5 Å². The molecule has 2 saturated carbocycles. The molecule has 2 aliphatic carbocycles. The highest BCUT2D eigenvalue weighted by Gasteiger charge is 2.32. The summed E-state index contributed by atoms with van der Waals surface area (Å²) in [7, 11) is 0. The molecule has 0 spiro atoms. The van der Waals surface area contributed by atoms with E-state index in [9.17, 15) is 0 Å². The van der Waals surface area contributed by atoms with Gasteiger partial charge in [-0.25, -0.2) is 0 Å². The van der Waals surface area contributed by atoms with Crippen LogP contribution in [0.25, 0.3) is 0 Å². The van der Waals surface area contributed by atoms with Crippen LogP contribution in [0, 0.1) is 5.92 Å². The summed E-state index contributed by atoms with van der Waals surface area (Å²) in [5, 5.41) is 9.08. The van der Waals surface area contributed by atoms with Crippen molar-refractivity contribution in [2.75, 3.05) is 6.54 Å². The Morgan fingerprint density at radius 2 is 2.10 bits per heavy atom. The van der Waals surface area contributed by atoms with Gasteiger partial charge in [0, 0.05) is 18.5 Å². The summed E-state index contributed by atoms with van der Waals surface area (Å²) in [5.74, 6) is 1.32. The third-order valence-corrected chi connectivity index (χ3v) is 5.07. The molecule has 1 aromatic rings. The molecule has 0 aliphatic heterocycles. The Morgan fingerprint density at radius 1 is 1.30 bits per heavy atom. The van der Waals surface area contributed by atoms with Gasteiger partial charge in [0.1, 0.15) is 0 Å². The van der Waals surface area contributed by atoms with Gasteiger partial charge in [0.15, 0.2) is 0 Å². The molecule has 0 amide bonds. The second-order valence-electron chi connectivity index (χ2n) is 6.43. The molecule has 20 heavy (non-hydrogen) atoms. The van der Waals surface area contributed by atoms with Gasteiger partial charge in [-0.3, -0.25) is 4.68 Å². The largest absolute Gasteiger partial charge is 0.314 e. The number of halogens is 1. The van der Waals surface area contributed by atoms with Gasteiger partial charge in [-0.15, -0.1) is 0 Å². The lowest BCUT2D eigenvalue weighted by molar-refractivity contribution is 0.282. The molecule has 2 fully saturated rings. The first-order valence-corrected chi connectivity index (χ1v) is 8.62. The number of aromatic nitrogens is 2. The zero-order valence-electron chi connectivity index (χ0n) is 12.4. The summed E-state index contributed by atoms with van der Waals surface area (Å²) < 4.78 is 2.16. The number of hydrogen-bond donors (Lipinski definition) is 1. The van der Waals surface area contributed by atoms with Crippen molar-refractivity contribution < 1.29 is 0 Å². The van der Waals surface area contributed by atoms with Crippen LogP contribution in [0.15, 0.2) is 6.20 Å². The van der Waals surface area contributed by atoms with E-state index in [1.54, 1.807) is 0 Å². The van der Waals surface area contributed by atoms with E-state index in [0.29, 0.717) is 5.92 Å². The summed E-state index contributed by atoms with van der Waals surface area (Å²) in [4.78, 5) is 0. The molecular formula is C16H26ClN3. The Balaban J connectivity index is 1.75. The van der Waals surface area contributed by atoms with Crippen molar-refractivity contribution in [1.82, 2.24) is 15.1 Å². The summed E-state index contributed by atoms with van der Waals surface area (Å²) in [6.07, 6.45) is 11.0. The minimum Gasteiger partial charge on any atom is -0.314 e. The molecule has 3 rings (SSSR count). The van der Waals surface area contributed by atoms with E-state index in [-0.39, 0.29) is 0 Å². The van der Waals surface area contributed by atoms with E-state index in [4.69, 9.17) is 11.6 Å².